The first-order valence-electron chi connectivity index (χ1n) is 7.62. The fourth-order valence-corrected chi connectivity index (χ4v) is 2.60. The van der Waals surface area contributed by atoms with Crippen LogP contribution in [-0.4, -0.2) is 29.1 Å². The van der Waals surface area contributed by atoms with E-state index in [1.807, 2.05) is 12.1 Å². The largest absolute Gasteiger partial charge is 0.508 e. The summed E-state index contributed by atoms with van der Waals surface area (Å²) >= 11 is 0. The average molecular weight is 263 g/mol. The molecule has 1 rings (SSSR count). The van der Waals surface area contributed by atoms with Crippen LogP contribution in [0, 0.1) is 5.92 Å². The third-order valence-corrected chi connectivity index (χ3v) is 4.14. The van der Waals surface area contributed by atoms with E-state index in [4.69, 9.17) is 0 Å². The summed E-state index contributed by atoms with van der Waals surface area (Å²) in [5.74, 6) is 1.16. The van der Waals surface area contributed by atoms with Crippen LogP contribution in [0.4, 0.5) is 0 Å². The molecule has 0 fully saturated rings. The SMILES string of the molecule is CCC(CC)CN(CC)C(C)Cc1ccc(O)cc1. The first-order chi connectivity index (χ1) is 9.10. The number of hydrogen-bond donors (Lipinski definition) is 1. The molecule has 0 heterocycles. The summed E-state index contributed by atoms with van der Waals surface area (Å²) in [6, 6.07) is 8.15. The molecule has 0 aliphatic rings. The van der Waals surface area contributed by atoms with Crippen LogP contribution in [0.25, 0.3) is 0 Å². The van der Waals surface area contributed by atoms with Gasteiger partial charge in [0.2, 0.25) is 0 Å². The Hall–Kier alpha value is -1.02. The Morgan fingerprint density at radius 3 is 2.11 bits per heavy atom. The normalized spacial score (nSPS) is 13.2. The lowest BCUT2D eigenvalue weighted by molar-refractivity contribution is 0.179. The van der Waals surface area contributed by atoms with Gasteiger partial charge in [0.15, 0.2) is 0 Å². The molecule has 2 heteroatoms. The van der Waals surface area contributed by atoms with E-state index in [0.29, 0.717) is 11.8 Å². The average Bonchev–Trinajstić information content (AvgIpc) is 2.42. The smallest absolute Gasteiger partial charge is 0.115 e. The van der Waals surface area contributed by atoms with Gasteiger partial charge in [0.25, 0.3) is 0 Å². The first kappa shape index (κ1) is 16.0. The van der Waals surface area contributed by atoms with Gasteiger partial charge < -0.3 is 10.0 Å². The van der Waals surface area contributed by atoms with Gasteiger partial charge >= 0.3 is 0 Å². The standard InChI is InChI=1S/C17H29NO/c1-5-15(6-2)13-18(7-3)14(4)12-16-8-10-17(19)11-9-16/h8-11,14-15,19H,5-7,12-13H2,1-4H3. The maximum absolute atomic E-state index is 9.32. The van der Waals surface area contributed by atoms with E-state index in [1.165, 1.54) is 24.9 Å². The molecule has 1 N–H and O–H groups in total. The second kappa shape index (κ2) is 8.21. The van der Waals surface area contributed by atoms with Gasteiger partial charge in [-0.3, -0.25) is 0 Å². The van der Waals surface area contributed by atoms with Gasteiger partial charge in [-0.15, -0.1) is 0 Å². The topological polar surface area (TPSA) is 23.5 Å². The van der Waals surface area contributed by atoms with Crippen molar-refractivity contribution in [3.8, 4) is 5.75 Å². The van der Waals surface area contributed by atoms with E-state index in [2.05, 4.69) is 32.6 Å². The molecular formula is C17H29NO. The molecule has 0 spiro atoms. The van der Waals surface area contributed by atoms with Crippen molar-refractivity contribution < 1.29 is 5.11 Å². The van der Waals surface area contributed by atoms with Crippen molar-refractivity contribution in [2.24, 2.45) is 5.92 Å². The molecule has 2 nitrogen and oxygen atoms in total. The van der Waals surface area contributed by atoms with Gasteiger partial charge in [0.05, 0.1) is 0 Å². The maximum atomic E-state index is 9.32. The van der Waals surface area contributed by atoms with Crippen molar-refractivity contribution in [1.82, 2.24) is 4.90 Å². The zero-order chi connectivity index (χ0) is 14.3. The lowest BCUT2D eigenvalue weighted by atomic mass is 10.00. The lowest BCUT2D eigenvalue weighted by Crippen LogP contribution is -2.38. The number of nitrogens with zero attached hydrogens (tertiary/aromatic N) is 1. The van der Waals surface area contributed by atoms with Gasteiger partial charge in [-0.2, -0.15) is 0 Å². The highest BCUT2D eigenvalue weighted by molar-refractivity contribution is 5.26. The Labute approximate surface area is 118 Å². The number of benzene rings is 1. The molecule has 0 amide bonds. The molecule has 0 aromatic heterocycles. The second-order valence-corrected chi connectivity index (χ2v) is 5.49. The highest BCUT2D eigenvalue weighted by atomic mass is 16.3. The van der Waals surface area contributed by atoms with Crippen molar-refractivity contribution in [1.29, 1.82) is 0 Å². The minimum Gasteiger partial charge on any atom is -0.508 e. The molecule has 0 radical (unpaired) electrons. The van der Waals surface area contributed by atoms with Crippen LogP contribution in [-0.2, 0) is 6.42 Å². The molecule has 19 heavy (non-hydrogen) atoms. The van der Waals surface area contributed by atoms with E-state index in [9.17, 15) is 5.11 Å². The third-order valence-electron chi connectivity index (χ3n) is 4.14. The maximum Gasteiger partial charge on any atom is 0.115 e. The molecule has 0 saturated heterocycles. The van der Waals surface area contributed by atoms with Crippen LogP contribution in [0.5, 0.6) is 5.75 Å². The quantitative estimate of drug-likeness (QED) is 0.764. The fraction of sp³-hybridized carbons (Fsp3) is 0.647. The summed E-state index contributed by atoms with van der Waals surface area (Å²) in [6.07, 6.45) is 3.58. The Morgan fingerprint density at radius 1 is 1.05 bits per heavy atom. The minimum absolute atomic E-state index is 0.348. The van der Waals surface area contributed by atoms with Crippen LogP contribution < -0.4 is 0 Å². The third kappa shape index (κ3) is 5.23. The molecule has 1 atom stereocenters. The van der Waals surface area contributed by atoms with Crippen LogP contribution in [0.15, 0.2) is 24.3 Å². The number of phenols is 1. The Bertz CT molecular complexity index is 343. The van der Waals surface area contributed by atoms with Gasteiger partial charge in [-0.1, -0.05) is 45.7 Å². The van der Waals surface area contributed by atoms with Crippen molar-refractivity contribution in [2.45, 2.75) is 53.0 Å². The van der Waals surface area contributed by atoms with Crippen molar-refractivity contribution in [2.75, 3.05) is 13.1 Å². The summed E-state index contributed by atoms with van der Waals surface area (Å²) in [4.78, 5) is 2.57. The lowest BCUT2D eigenvalue weighted by Gasteiger charge is -2.31. The summed E-state index contributed by atoms with van der Waals surface area (Å²) in [5, 5.41) is 9.32. The molecular weight excluding hydrogens is 234 g/mol. The number of rotatable bonds is 8. The van der Waals surface area contributed by atoms with Crippen LogP contribution >= 0.6 is 0 Å². The zero-order valence-electron chi connectivity index (χ0n) is 12.9. The highest BCUT2D eigenvalue weighted by Gasteiger charge is 2.16. The second-order valence-electron chi connectivity index (χ2n) is 5.49. The predicted octanol–water partition coefficient (Wildman–Crippen LogP) is 4.08. The number of phenolic OH excluding ortho intramolecular Hbond substituents is 1. The zero-order valence-corrected chi connectivity index (χ0v) is 12.9. The number of hydrogen-bond acceptors (Lipinski definition) is 2. The van der Waals surface area contributed by atoms with Crippen molar-refractivity contribution >= 4 is 0 Å². The fourth-order valence-electron chi connectivity index (χ4n) is 2.60. The van der Waals surface area contributed by atoms with Crippen LogP contribution in [0.1, 0.15) is 46.1 Å². The summed E-state index contributed by atoms with van der Waals surface area (Å²) < 4.78 is 0. The van der Waals surface area contributed by atoms with E-state index in [-0.39, 0.29) is 0 Å². The van der Waals surface area contributed by atoms with Gasteiger partial charge in [0.1, 0.15) is 5.75 Å². The molecule has 1 aromatic rings. The molecule has 108 valence electrons. The van der Waals surface area contributed by atoms with Crippen molar-refractivity contribution in [3.05, 3.63) is 29.8 Å². The van der Waals surface area contributed by atoms with E-state index in [0.717, 1.165) is 18.9 Å². The predicted molar refractivity (Wildman–Crippen MR) is 82.6 cm³/mol. The molecule has 1 unspecified atom stereocenters. The molecule has 0 saturated carbocycles. The minimum atomic E-state index is 0.348. The molecule has 1 aromatic carbocycles. The summed E-state index contributed by atoms with van der Waals surface area (Å²) in [6.45, 7) is 11.4. The molecule has 0 aliphatic carbocycles. The van der Waals surface area contributed by atoms with Crippen LogP contribution in [0.2, 0.25) is 0 Å². The van der Waals surface area contributed by atoms with Gasteiger partial charge in [0, 0.05) is 12.6 Å². The van der Waals surface area contributed by atoms with Gasteiger partial charge in [-0.05, 0) is 43.5 Å². The summed E-state index contributed by atoms with van der Waals surface area (Å²) in [5.41, 5.74) is 1.30. The monoisotopic (exact) mass is 263 g/mol. The van der Waals surface area contributed by atoms with Gasteiger partial charge in [-0.25, -0.2) is 0 Å². The highest BCUT2D eigenvalue weighted by Crippen LogP contribution is 2.16. The first-order valence-corrected chi connectivity index (χ1v) is 7.62. The Morgan fingerprint density at radius 2 is 1.63 bits per heavy atom. The Balaban J connectivity index is 2.57. The van der Waals surface area contributed by atoms with E-state index < -0.39 is 0 Å². The summed E-state index contributed by atoms with van der Waals surface area (Å²) in [7, 11) is 0. The number of likely N-dealkylation sites (N-methyl/N-ethyl adjacent to an activating group) is 1. The van der Waals surface area contributed by atoms with E-state index in [1.54, 1.807) is 12.1 Å². The number of aromatic hydroxyl groups is 1. The van der Waals surface area contributed by atoms with Crippen LogP contribution in [0.3, 0.4) is 0 Å². The van der Waals surface area contributed by atoms with E-state index >= 15 is 0 Å². The Kier molecular flexibility index (Phi) is 6.93. The molecule has 0 aliphatic heterocycles. The molecule has 0 bridgehead atoms. The van der Waals surface area contributed by atoms with Crippen molar-refractivity contribution in [3.63, 3.8) is 0 Å².